The van der Waals surface area contributed by atoms with E-state index >= 15 is 0 Å². The first kappa shape index (κ1) is 10.5. The lowest BCUT2D eigenvalue weighted by molar-refractivity contribution is -0.384. The summed E-state index contributed by atoms with van der Waals surface area (Å²) in [5, 5.41) is 12.6. The lowest BCUT2D eigenvalue weighted by Gasteiger charge is -1.98. The number of thioether (sulfide) groups is 1. The van der Waals surface area contributed by atoms with Gasteiger partial charge in [0.05, 0.1) is 4.92 Å². The van der Waals surface area contributed by atoms with E-state index in [1.165, 1.54) is 31.3 Å². The van der Waals surface area contributed by atoms with Gasteiger partial charge in [-0.05, 0) is 23.9 Å². The van der Waals surface area contributed by atoms with Gasteiger partial charge < -0.3 is 5.32 Å². The lowest BCUT2D eigenvalue weighted by Crippen LogP contribution is -2.10. The van der Waals surface area contributed by atoms with E-state index in [-0.39, 0.29) is 10.9 Å². The zero-order valence-corrected chi connectivity index (χ0v) is 8.21. The molecule has 1 amide bonds. The normalized spacial score (nSPS) is 9.50. The Morgan fingerprint density at radius 3 is 2.43 bits per heavy atom. The molecule has 0 fully saturated rings. The summed E-state index contributed by atoms with van der Waals surface area (Å²) >= 11 is 0.991. The van der Waals surface area contributed by atoms with Crippen molar-refractivity contribution >= 4 is 22.7 Å². The SMILES string of the molecule is CNC(=O)Sc1ccc([N+](=O)[O-])cc1. The first-order chi connectivity index (χ1) is 6.63. The van der Waals surface area contributed by atoms with Crippen molar-refractivity contribution in [1.82, 2.24) is 5.32 Å². The Labute approximate surface area is 84.6 Å². The summed E-state index contributed by atoms with van der Waals surface area (Å²) in [6.45, 7) is 0. The van der Waals surface area contributed by atoms with Crippen molar-refractivity contribution in [1.29, 1.82) is 0 Å². The first-order valence-electron chi connectivity index (χ1n) is 3.77. The van der Waals surface area contributed by atoms with Crippen molar-refractivity contribution in [3.63, 3.8) is 0 Å². The summed E-state index contributed by atoms with van der Waals surface area (Å²) in [6, 6.07) is 5.81. The molecule has 74 valence electrons. The van der Waals surface area contributed by atoms with Crippen LogP contribution in [0.1, 0.15) is 0 Å². The number of benzene rings is 1. The van der Waals surface area contributed by atoms with E-state index in [0.717, 1.165) is 11.8 Å². The number of carbonyl (C=O) groups excluding carboxylic acids is 1. The second-order valence-electron chi connectivity index (χ2n) is 2.39. The molecule has 5 nitrogen and oxygen atoms in total. The number of nitro groups is 1. The van der Waals surface area contributed by atoms with E-state index in [1.54, 1.807) is 0 Å². The van der Waals surface area contributed by atoms with Crippen molar-refractivity contribution in [3.8, 4) is 0 Å². The van der Waals surface area contributed by atoms with Gasteiger partial charge in [-0.15, -0.1) is 0 Å². The van der Waals surface area contributed by atoms with Crippen LogP contribution in [0.25, 0.3) is 0 Å². The molecule has 1 aromatic carbocycles. The van der Waals surface area contributed by atoms with Crippen LogP contribution in [0.3, 0.4) is 0 Å². The molecule has 0 aliphatic carbocycles. The molecule has 0 unspecified atom stereocenters. The maximum atomic E-state index is 10.9. The average molecular weight is 212 g/mol. The lowest BCUT2D eigenvalue weighted by atomic mass is 10.3. The fraction of sp³-hybridized carbons (Fsp3) is 0.125. The molecule has 0 aromatic heterocycles. The summed E-state index contributed by atoms with van der Waals surface area (Å²) in [5.74, 6) is 0. The molecule has 0 heterocycles. The van der Waals surface area contributed by atoms with E-state index in [2.05, 4.69) is 5.32 Å². The number of nitro benzene ring substituents is 1. The molecule has 0 bridgehead atoms. The zero-order chi connectivity index (χ0) is 10.6. The summed E-state index contributed by atoms with van der Waals surface area (Å²) in [7, 11) is 1.53. The van der Waals surface area contributed by atoms with Crippen molar-refractivity contribution in [2.45, 2.75) is 4.90 Å². The molecular weight excluding hydrogens is 204 g/mol. The number of rotatable bonds is 2. The molecule has 0 aliphatic heterocycles. The Hall–Kier alpha value is -1.56. The van der Waals surface area contributed by atoms with E-state index in [4.69, 9.17) is 0 Å². The van der Waals surface area contributed by atoms with Crippen molar-refractivity contribution in [2.75, 3.05) is 7.05 Å². The molecule has 0 atom stereocenters. The molecule has 0 spiro atoms. The number of non-ortho nitro benzene ring substituents is 1. The van der Waals surface area contributed by atoms with Gasteiger partial charge in [0.15, 0.2) is 0 Å². The Bertz CT molecular complexity index is 350. The van der Waals surface area contributed by atoms with Gasteiger partial charge in [-0.1, -0.05) is 0 Å². The Kier molecular flexibility index (Phi) is 3.47. The largest absolute Gasteiger partial charge is 0.350 e. The fourth-order valence-corrected chi connectivity index (χ4v) is 1.38. The monoisotopic (exact) mass is 212 g/mol. The minimum atomic E-state index is -0.478. The number of nitrogens with one attached hydrogen (secondary N) is 1. The van der Waals surface area contributed by atoms with Crippen molar-refractivity contribution in [2.24, 2.45) is 0 Å². The Balaban J connectivity index is 2.73. The first-order valence-corrected chi connectivity index (χ1v) is 4.59. The minimum absolute atomic E-state index is 0.0197. The summed E-state index contributed by atoms with van der Waals surface area (Å²) in [5.41, 5.74) is 0.0197. The quantitative estimate of drug-likeness (QED) is 0.462. The van der Waals surface area contributed by atoms with Gasteiger partial charge in [-0.25, -0.2) is 0 Å². The van der Waals surface area contributed by atoms with Gasteiger partial charge in [0.1, 0.15) is 0 Å². The average Bonchev–Trinajstić information content (AvgIpc) is 2.18. The molecule has 14 heavy (non-hydrogen) atoms. The molecule has 1 aromatic rings. The highest BCUT2D eigenvalue weighted by Gasteiger charge is 2.06. The highest BCUT2D eigenvalue weighted by Crippen LogP contribution is 2.21. The highest BCUT2D eigenvalue weighted by molar-refractivity contribution is 8.13. The molecule has 1 rings (SSSR count). The zero-order valence-electron chi connectivity index (χ0n) is 7.39. The smallest absolute Gasteiger partial charge is 0.283 e. The Morgan fingerprint density at radius 1 is 1.43 bits per heavy atom. The van der Waals surface area contributed by atoms with E-state index in [1.807, 2.05) is 0 Å². The van der Waals surface area contributed by atoms with Gasteiger partial charge >= 0.3 is 0 Å². The van der Waals surface area contributed by atoms with E-state index in [9.17, 15) is 14.9 Å². The summed E-state index contributed by atoms with van der Waals surface area (Å²) in [6.07, 6.45) is 0. The predicted molar refractivity (Wildman–Crippen MR) is 53.4 cm³/mol. The predicted octanol–water partition coefficient (Wildman–Crippen LogP) is 2.03. The van der Waals surface area contributed by atoms with Gasteiger partial charge in [0, 0.05) is 24.1 Å². The third-order valence-electron chi connectivity index (χ3n) is 1.46. The molecule has 1 N–H and O–H groups in total. The Morgan fingerprint density at radius 2 is 2.00 bits per heavy atom. The van der Waals surface area contributed by atoms with E-state index < -0.39 is 4.92 Å². The van der Waals surface area contributed by atoms with Crippen LogP contribution < -0.4 is 5.32 Å². The van der Waals surface area contributed by atoms with Crippen LogP contribution in [0.4, 0.5) is 10.5 Å². The summed E-state index contributed by atoms with van der Waals surface area (Å²) < 4.78 is 0. The maximum absolute atomic E-state index is 10.9. The standard InChI is InChI=1S/C8H8N2O3S/c1-9-8(11)14-7-4-2-6(3-5-7)10(12)13/h2-5H,1H3,(H,9,11). The van der Waals surface area contributed by atoms with Crippen molar-refractivity contribution in [3.05, 3.63) is 34.4 Å². The van der Waals surface area contributed by atoms with Gasteiger partial charge in [-0.3, -0.25) is 14.9 Å². The van der Waals surface area contributed by atoms with E-state index in [0.29, 0.717) is 4.90 Å². The molecule has 0 saturated carbocycles. The second kappa shape index (κ2) is 4.61. The second-order valence-corrected chi connectivity index (χ2v) is 3.44. The van der Waals surface area contributed by atoms with Crippen LogP contribution in [0.2, 0.25) is 0 Å². The van der Waals surface area contributed by atoms with Crippen molar-refractivity contribution < 1.29 is 9.72 Å². The molecule has 0 aliphatic rings. The third-order valence-corrected chi connectivity index (χ3v) is 2.36. The molecule has 6 heteroatoms. The van der Waals surface area contributed by atoms with Gasteiger partial charge in [-0.2, -0.15) is 0 Å². The fourth-order valence-electron chi connectivity index (χ4n) is 0.794. The summed E-state index contributed by atoms with van der Waals surface area (Å²) in [4.78, 5) is 21.4. The molecule has 0 saturated heterocycles. The molecule has 0 radical (unpaired) electrons. The van der Waals surface area contributed by atoms with Gasteiger partial charge in [0.25, 0.3) is 10.9 Å². The number of carbonyl (C=O) groups is 1. The number of hydrogen-bond acceptors (Lipinski definition) is 4. The van der Waals surface area contributed by atoms with Gasteiger partial charge in [0.2, 0.25) is 0 Å². The molecular formula is C8H8N2O3S. The highest BCUT2D eigenvalue weighted by atomic mass is 32.2. The topological polar surface area (TPSA) is 72.2 Å². The maximum Gasteiger partial charge on any atom is 0.283 e. The van der Waals surface area contributed by atoms with Crippen LogP contribution in [0.5, 0.6) is 0 Å². The number of hydrogen-bond donors (Lipinski definition) is 1. The number of amides is 1. The van der Waals surface area contributed by atoms with Crippen LogP contribution in [0, 0.1) is 10.1 Å². The van der Waals surface area contributed by atoms with Crippen LogP contribution >= 0.6 is 11.8 Å². The van der Waals surface area contributed by atoms with Crippen LogP contribution in [-0.2, 0) is 0 Å². The third kappa shape index (κ3) is 2.74. The van der Waals surface area contributed by atoms with Crippen LogP contribution in [-0.4, -0.2) is 17.2 Å². The number of nitrogens with zero attached hydrogens (tertiary/aromatic N) is 1. The minimum Gasteiger partial charge on any atom is -0.350 e. The van der Waals surface area contributed by atoms with Crippen LogP contribution in [0.15, 0.2) is 29.2 Å².